The van der Waals surface area contributed by atoms with Crippen molar-refractivity contribution < 1.29 is 101 Å². The molecule has 0 aromatic carbocycles. The van der Waals surface area contributed by atoms with Crippen molar-refractivity contribution in [2.24, 2.45) is 0 Å². The van der Waals surface area contributed by atoms with Crippen molar-refractivity contribution in [2.75, 3.05) is 0 Å². The second-order valence-corrected chi connectivity index (χ2v) is 4.20. The van der Waals surface area contributed by atoms with Gasteiger partial charge in [0.2, 0.25) is 0 Å². The fourth-order valence-electron chi connectivity index (χ4n) is 0.498. The highest BCUT2D eigenvalue weighted by Gasteiger charge is 2.43. The van der Waals surface area contributed by atoms with Crippen molar-refractivity contribution >= 4 is 0 Å². The Hall–Kier alpha value is -3.30. The Morgan fingerprint density at radius 2 is 0.579 bits per heavy atom. The maximum absolute atomic E-state index is 12.0. The number of alkyl halides is 9. The standard InChI is InChI=1S/C6F10O.C3F6.C2F4.C2H2F2.C2H4/c7-1(5(11,12)13)3(9)17-4(10)2(8)6(14,15)16;4-1(2(5)6)3(7,8)9;3-1(4)2(5)6;1-2(3)4;1-2/h;;;1H2;1-2H2. The van der Waals surface area contributed by atoms with Crippen LogP contribution < -0.4 is 0 Å². The minimum atomic E-state index is -5.95. The molecule has 0 N–H and O–H groups in total. The van der Waals surface area contributed by atoms with Crippen LogP contribution in [-0.2, 0) is 4.74 Å². The first kappa shape index (κ1) is 44.7. The van der Waals surface area contributed by atoms with Crippen molar-refractivity contribution in [1.82, 2.24) is 0 Å². The Kier molecular flexibility index (Phi) is 23.2. The van der Waals surface area contributed by atoms with Crippen LogP contribution in [0.4, 0.5) is 96.6 Å². The third-order valence-electron chi connectivity index (χ3n) is 1.58. The molecular weight excluding hydrogens is 614 g/mol. The second-order valence-electron chi connectivity index (χ2n) is 4.20. The van der Waals surface area contributed by atoms with Gasteiger partial charge >= 0.3 is 48.8 Å². The predicted molar refractivity (Wildman–Crippen MR) is 82.2 cm³/mol. The summed E-state index contributed by atoms with van der Waals surface area (Å²) in [4.78, 5) is 0. The molecule has 38 heavy (non-hydrogen) atoms. The molecule has 0 aromatic heterocycles. The zero-order chi connectivity index (χ0) is 32.4. The summed E-state index contributed by atoms with van der Waals surface area (Å²) in [7, 11) is 0. The summed E-state index contributed by atoms with van der Waals surface area (Å²) in [6.45, 7) is 8.22. The molecule has 0 saturated carbocycles. The Balaban J connectivity index is -0.000000144. The van der Waals surface area contributed by atoms with E-state index in [1.54, 1.807) is 0 Å². The topological polar surface area (TPSA) is 9.23 Å². The van der Waals surface area contributed by atoms with Gasteiger partial charge in [0.15, 0.2) is 0 Å². The lowest BCUT2D eigenvalue weighted by molar-refractivity contribution is -0.121. The molecule has 0 amide bonds. The number of hydrogen-bond acceptors (Lipinski definition) is 1. The molecule has 0 bridgehead atoms. The summed E-state index contributed by atoms with van der Waals surface area (Å²) >= 11 is 0. The normalized spacial score (nSPS) is 12.1. The first-order chi connectivity index (χ1) is 16.6. The van der Waals surface area contributed by atoms with Gasteiger partial charge in [-0.05, 0) is 6.58 Å². The van der Waals surface area contributed by atoms with Crippen LogP contribution in [-0.4, -0.2) is 18.5 Å². The smallest absolute Gasteiger partial charge is 0.400 e. The zero-order valence-corrected chi connectivity index (χ0v) is 16.8. The molecule has 0 aromatic rings. The van der Waals surface area contributed by atoms with Crippen LogP contribution in [0.2, 0.25) is 0 Å². The monoisotopic (exact) mass is 620 g/mol. The lowest BCUT2D eigenvalue weighted by Gasteiger charge is -2.07. The van der Waals surface area contributed by atoms with Crippen LogP contribution in [0.3, 0.4) is 0 Å². The highest BCUT2D eigenvalue weighted by atomic mass is 19.4. The molecule has 0 aliphatic rings. The maximum Gasteiger partial charge on any atom is 0.449 e. The van der Waals surface area contributed by atoms with E-state index in [1.807, 2.05) is 0 Å². The molecule has 0 fully saturated rings. The van der Waals surface area contributed by atoms with Gasteiger partial charge < -0.3 is 4.74 Å². The Morgan fingerprint density at radius 3 is 0.658 bits per heavy atom. The number of halogens is 22. The van der Waals surface area contributed by atoms with Gasteiger partial charge in [-0.2, -0.15) is 96.6 Å². The first-order valence-electron chi connectivity index (χ1n) is 7.17. The van der Waals surface area contributed by atoms with E-state index in [0.717, 1.165) is 0 Å². The lowest BCUT2D eigenvalue weighted by Crippen LogP contribution is -2.13. The summed E-state index contributed by atoms with van der Waals surface area (Å²) in [5.74, 6) is -10.6. The molecular formula is C15H6F22O. The van der Waals surface area contributed by atoms with Crippen LogP contribution in [0.1, 0.15) is 0 Å². The molecule has 0 radical (unpaired) electrons. The highest BCUT2D eigenvalue weighted by molar-refractivity contribution is 5.06. The van der Waals surface area contributed by atoms with Crippen LogP contribution in [0.15, 0.2) is 73.6 Å². The largest absolute Gasteiger partial charge is 0.449 e. The number of ether oxygens (including phenoxy) is 1. The van der Waals surface area contributed by atoms with Crippen LogP contribution in [0.25, 0.3) is 0 Å². The van der Waals surface area contributed by atoms with Crippen LogP contribution in [0.5, 0.6) is 0 Å². The number of allylic oxidation sites excluding steroid dienone is 3. The molecule has 0 rings (SSSR count). The molecule has 0 heterocycles. The van der Waals surface area contributed by atoms with Gasteiger partial charge in [0.1, 0.15) is 0 Å². The SMILES string of the molecule is C=C.C=C(F)F.FC(F)=C(F)C(F)(F)F.FC(F)=C(F)F.FC(OC(F)=C(F)C(F)(F)F)=C(F)C(F)(F)F. The average molecular weight is 620 g/mol. The third kappa shape index (κ3) is 27.3. The van der Waals surface area contributed by atoms with Gasteiger partial charge in [-0.3, -0.25) is 0 Å². The Labute approximate surface area is 194 Å². The summed E-state index contributed by atoms with van der Waals surface area (Å²) in [5, 5.41) is 0. The van der Waals surface area contributed by atoms with E-state index in [1.165, 1.54) is 0 Å². The molecule has 226 valence electrons. The minimum Gasteiger partial charge on any atom is -0.400 e. The van der Waals surface area contributed by atoms with Gasteiger partial charge in [-0.15, -0.1) is 13.2 Å². The fraction of sp³-hybridized carbons (Fsp3) is 0.200. The van der Waals surface area contributed by atoms with Crippen molar-refractivity contribution in [3.8, 4) is 0 Å². The molecule has 0 aliphatic carbocycles. The Morgan fingerprint density at radius 1 is 0.395 bits per heavy atom. The van der Waals surface area contributed by atoms with E-state index >= 15 is 0 Å². The molecule has 23 heteroatoms. The third-order valence-corrected chi connectivity index (χ3v) is 1.58. The molecule has 0 unspecified atom stereocenters. The van der Waals surface area contributed by atoms with E-state index < -0.39 is 72.4 Å². The molecule has 0 atom stereocenters. The van der Waals surface area contributed by atoms with E-state index in [4.69, 9.17) is 0 Å². The van der Waals surface area contributed by atoms with Crippen molar-refractivity contribution in [3.05, 3.63) is 73.6 Å². The van der Waals surface area contributed by atoms with E-state index in [2.05, 4.69) is 24.5 Å². The van der Waals surface area contributed by atoms with Crippen molar-refractivity contribution in [2.45, 2.75) is 18.5 Å². The summed E-state index contributed by atoms with van der Waals surface area (Å²) in [6.07, 6.45) is -28.4. The molecule has 0 aliphatic heterocycles. The summed E-state index contributed by atoms with van der Waals surface area (Å²) in [6, 6.07) is -6.76. The van der Waals surface area contributed by atoms with E-state index in [-0.39, 0.29) is 0 Å². The van der Waals surface area contributed by atoms with Gasteiger partial charge in [-0.25, -0.2) is 0 Å². The lowest BCUT2D eigenvalue weighted by atomic mass is 10.5. The van der Waals surface area contributed by atoms with Crippen molar-refractivity contribution in [1.29, 1.82) is 0 Å². The van der Waals surface area contributed by atoms with Crippen LogP contribution in [0, 0.1) is 0 Å². The van der Waals surface area contributed by atoms with Gasteiger partial charge in [0.05, 0.1) is 0 Å². The minimum absolute atomic E-state index is 1.83. The number of rotatable bonds is 2. The van der Waals surface area contributed by atoms with E-state index in [9.17, 15) is 96.6 Å². The zero-order valence-electron chi connectivity index (χ0n) is 16.8. The maximum atomic E-state index is 12.0. The number of hydrogen-bond donors (Lipinski definition) is 0. The predicted octanol–water partition coefficient (Wildman–Crippen LogP) is 11.2. The summed E-state index contributed by atoms with van der Waals surface area (Å²) in [5.41, 5.74) is 0. The fourth-order valence-corrected chi connectivity index (χ4v) is 0.498. The quantitative estimate of drug-likeness (QED) is 0.170. The summed E-state index contributed by atoms with van der Waals surface area (Å²) < 4.78 is 245. The van der Waals surface area contributed by atoms with Gasteiger partial charge in [-0.1, -0.05) is 0 Å². The molecule has 0 spiro atoms. The Bertz CT molecular complexity index is 776. The highest BCUT2D eigenvalue weighted by Crippen LogP contribution is 2.34. The van der Waals surface area contributed by atoms with Gasteiger partial charge in [0, 0.05) is 0 Å². The molecule has 0 saturated heterocycles. The average Bonchev–Trinajstić information content (AvgIpc) is 2.71. The first-order valence-corrected chi connectivity index (χ1v) is 7.17. The molecule has 1 nitrogen and oxygen atoms in total. The van der Waals surface area contributed by atoms with Gasteiger partial charge in [0.25, 0.3) is 23.6 Å². The second kappa shape index (κ2) is 19.8. The van der Waals surface area contributed by atoms with Crippen LogP contribution >= 0.6 is 0 Å². The van der Waals surface area contributed by atoms with E-state index in [0.29, 0.717) is 0 Å². The van der Waals surface area contributed by atoms with Crippen molar-refractivity contribution in [3.63, 3.8) is 0 Å².